The van der Waals surface area contributed by atoms with Gasteiger partial charge >= 0.3 is 0 Å². The SMILES string of the molecule is Cc1cc(C)c(NC2CCCC(C)C2)c(Br)c1. The highest BCUT2D eigenvalue weighted by Gasteiger charge is 2.19. The fraction of sp³-hybridized carbons (Fsp3) is 0.600. The van der Waals surface area contributed by atoms with E-state index in [0.717, 1.165) is 5.92 Å². The molecule has 2 atom stereocenters. The number of hydrogen-bond donors (Lipinski definition) is 1. The van der Waals surface area contributed by atoms with Crippen LogP contribution in [0.2, 0.25) is 0 Å². The molecular formula is C15H22BrN. The van der Waals surface area contributed by atoms with E-state index in [1.165, 1.54) is 47.0 Å². The van der Waals surface area contributed by atoms with E-state index in [1.807, 2.05) is 0 Å². The van der Waals surface area contributed by atoms with E-state index in [4.69, 9.17) is 0 Å². The summed E-state index contributed by atoms with van der Waals surface area (Å²) in [5.74, 6) is 0.866. The third-order valence-corrected chi connectivity index (χ3v) is 4.34. The van der Waals surface area contributed by atoms with Crippen molar-refractivity contribution in [1.29, 1.82) is 0 Å². The Balaban J connectivity index is 2.12. The van der Waals surface area contributed by atoms with E-state index >= 15 is 0 Å². The summed E-state index contributed by atoms with van der Waals surface area (Å²) in [6.07, 6.45) is 5.37. The topological polar surface area (TPSA) is 12.0 Å². The Bertz CT molecular complexity index is 377. The first-order valence-corrected chi connectivity index (χ1v) is 7.39. The zero-order valence-corrected chi connectivity index (χ0v) is 12.6. The molecule has 0 aromatic heterocycles. The summed E-state index contributed by atoms with van der Waals surface area (Å²) in [6.45, 7) is 6.70. The van der Waals surface area contributed by atoms with Crippen LogP contribution in [0.4, 0.5) is 5.69 Å². The standard InChI is InChI=1S/C15H22BrN/c1-10-5-4-6-13(8-10)17-15-12(3)7-11(2)9-14(15)16/h7,9-10,13,17H,4-6,8H2,1-3H3. The molecular weight excluding hydrogens is 274 g/mol. The minimum atomic E-state index is 0.649. The van der Waals surface area contributed by atoms with Crippen molar-refractivity contribution in [3.63, 3.8) is 0 Å². The van der Waals surface area contributed by atoms with Gasteiger partial charge in [-0.05, 0) is 65.7 Å². The Hall–Kier alpha value is -0.500. The molecule has 0 saturated heterocycles. The number of aryl methyl sites for hydroxylation is 2. The van der Waals surface area contributed by atoms with Gasteiger partial charge in [-0.3, -0.25) is 0 Å². The van der Waals surface area contributed by atoms with E-state index in [2.05, 4.69) is 54.2 Å². The van der Waals surface area contributed by atoms with Crippen molar-refractivity contribution in [1.82, 2.24) is 0 Å². The van der Waals surface area contributed by atoms with Crippen molar-refractivity contribution in [2.24, 2.45) is 5.92 Å². The first-order valence-electron chi connectivity index (χ1n) is 6.59. The second kappa shape index (κ2) is 5.43. The first kappa shape index (κ1) is 12.9. The number of halogens is 1. The minimum absolute atomic E-state index is 0.649. The van der Waals surface area contributed by atoms with Crippen molar-refractivity contribution in [3.8, 4) is 0 Å². The molecule has 1 N–H and O–H groups in total. The summed E-state index contributed by atoms with van der Waals surface area (Å²) >= 11 is 3.68. The highest BCUT2D eigenvalue weighted by atomic mass is 79.9. The van der Waals surface area contributed by atoms with Gasteiger partial charge in [0.15, 0.2) is 0 Å². The maximum atomic E-state index is 3.73. The van der Waals surface area contributed by atoms with Crippen LogP contribution in [0.3, 0.4) is 0 Å². The van der Waals surface area contributed by atoms with Gasteiger partial charge in [0.2, 0.25) is 0 Å². The Morgan fingerprint density at radius 3 is 2.65 bits per heavy atom. The fourth-order valence-electron chi connectivity index (χ4n) is 2.87. The number of hydrogen-bond acceptors (Lipinski definition) is 1. The predicted octanol–water partition coefficient (Wildman–Crippen LogP) is 5.06. The molecule has 0 spiro atoms. The molecule has 2 heteroatoms. The molecule has 1 aromatic rings. The summed E-state index contributed by atoms with van der Waals surface area (Å²) in [7, 11) is 0. The van der Waals surface area contributed by atoms with E-state index in [-0.39, 0.29) is 0 Å². The Morgan fingerprint density at radius 1 is 1.24 bits per heavy atom. The van der Waals surface area contributed by atoms with Gasteiger partial charge in [0.05, 0.1) is 5.69 Å². The van der Waals surface area contributed by atoms with Gasteiger partial charge in [-0.25, -0.2) is 0 Å². The van der Waals surface area contributed by atoms with Crippen LogP contribution in [0.1, 0.15) is 43.7 Å². The van der Waals surface area contributed by atoms with Crippen LogP contribution < -0.4 is 5.32 Å². The highest BCUT2D eigenvalue weighted by molar-refractivity contribution is 9.10. The van der Waals surface area contributed by atoms with Crippen LogP contribution in [0.5, 0.6) is 0 Å². The molecule has 1 aromatic carbocycles. The minimum Gasteiger partial charge on any atom is -0.381 e. The molecule has 1 aliphatic rings. The number of nitrogens with one attached hydrogen (secondary N) is 1. The molecule has 17 heavy (non-hydrogen) atoms. The molecule has 0 bridgehead atoms. The van der Waals surface area contributed by atoms with Gasteiger partial charge < -0.3 is 5.32 Å². The molecule has 1 nitrogen and oxygen atoms in total. The van der Waals surface area contributed by atoms with Crippen LogP contribution in [-0.4, -0.2) is 6.04 Å². The molecule has 1 fully saturated rings. The predicted molar refractivity (Wildman–Crippen MR) is 78.7 cm³/mol. The maximum absolute atomic E-state index is 3.73. The van der Waals surface area contributed by atoms with Gasteiger partial charge in [0.25, 0.3) is 0 Å². The van der Waals surface area contributed by atoms with Crippen LogP contribution in [0, 0.1) is 19.8 Å². The number of anilines is 1. The molecule has 1 aliphatic carbocycles. The maximum Gasteiger partial charge on any atom is 0.0516 e. The molecule has 0 radical (unpaired) electrons. The Labute approximate surface area is 113 Å². The van der Waals surface area contributed by atoms with E-state index in [1.54, 1.807) is 0 Å². The van der Waals surface area contributed by atoms with Crippen LogP contribution in [0.15, 0.2) is 16.6 Å². The molecule has 0 aliphatic heterocycles. The number of benzene rings is 1. The second-order valence-corrected chi connectivity index (χ2v) is 6.41. The number of rotatable bonds is 2. The molecule has 0 amide bonds. The van der Waals surface area contributed by atoms with Gasteiger partial charge in [0.1, 0.15) is 0 Å². The Morgan fingerprint density at radius 2 is 2.00 bits per heavy atom. The average molecular weight is 296 g/mol. The summed E-state index contributed by atoms with van der Waals surface area (Å²) in [5, 5.41) is 3.73. The van der Waals surface area contributed by atoms with Gasteiger partial charge in [-0.15, -0.1) is 0 Å². The summed E-state index contributed by atoms with van der Waals surface area (Å²) in [6, 6.07) is 5.09. The summed E-state index contributed by atoms with van der Waals surface area (Å²) in [5.41, 5.74) is 3.95. The lowest BCUT2D eigenvalue weighted by molar-refractivity contribution is 0.358. The highest BCUT2D eigenvalue weighted by Crippen LogP contribution is 2.32. The van der Waals surface area contributed by atoms with Crippen molar-refractivity contribution >= 4 is 21.6 Å². The van der Waals surface area contributed by atoms with Crippen LogP contribution in [0.25, 0.3) is 0 Å². The third kappa shape index (κ3) is 3.25. The zero-order chi connectivity index (χ0) is 12.4. The second-order valence-electron chi connectivity index (χ2n) is 5.55. The lowest BCUT2D eigenvalue weighted by atomic mass is 9.87. The third-order valence-electron chi connectivity index (χ3n) is 3.72. The fourth-order valence-corrected chi connectivity index (χ4v) is 3.66. The van der Waals surface area contributed by atoms with E-state index in [0.29, 0.717) is 6.04 Å². The van der Waals surface area contributed by atoms with Crippen molar-refractivity contribution in [2.75, 3.05) is 5.32 Å². The first-order chi connectivity index (χ1) is 8.06. The zero-order valence-electron chi connectivity index (χ0n) is 11.0. The summed E-state index contributed by atoms with van der Waals surface area (Å²) < 4.78 is 1.20. The van der Waals surface area contributed by atoms with Crippen molar-refractivity contribution in [3.05, 3.63) is 27.7 Å². The average Bonchev–Trinajstić information content (AvgIpc) is 2.23. The van der Waals surface area contributed by atoms with Crippen molar-refractivity contribution < 1.29 is 0 Å². The molecule has 1 saturated carbocycles. The van der Waals surface area contributed by atoms with Gasteiger partial charge in [-0.1, -0.05) is 25.8 Å². The van der Waals surface area contributed by atoms with Crippen LogP contribution in [-0.2, 0) is 0 Å². The molecule has 0 heterocycles. The smallest absolute Gasteiger partial charge is 0.0516 e. The normalized spacial score (nSPS) is 24.7. The van der Waals surface area contributed by atoms with Crippen molar-refractivity contribution in [2.45, 2.75) is 52.5 Å². The van der Waals surface area contributed by atoms with E-state index in [9.17, 15) is 0 Å². The monoisotopic (exact) mass is 295 g/mol. The largest absolute Gasteiger partial charge is 0.381 e. The molecule has 94 valence electrons. The van der Waals surface area contributed by atoms with Crippen LogP contribution >= 0.6 is 15.9 Å². The van der Waals surface area contributed by atoms with E-state index < -0.39 is 0 Å². The Kier molecular flexibility index (Phi) is 4.13. The molecule has 2 rings (SSSR count). The quantitative estimate of drug-likeness (QED) is 0.804. The summed E-state index contributed by atoms with van der Waals surface area (Å²) in [4.78, 5) is 0. The lowest BCUT2D eigenvalue weighted by Gasteiger charge is -2.29. The van der Waals surface area contributed by atoms with Gasteiger partial charge in [-0.2, -0.15) is 0 Å². The lowest BCUT2D eigenvalue weighted by Crippen LogP contribution is -2.26. The molecule has 2 unspecified atom stereocenters. The van der Waals surface area contributed by atoms with Gasteiger partial charge in [0, 0.05) is 10.5 Å².